The van der Waals surface area contributed by atoms with Crippen molar-refractivity contribution in [3.05, 3.63) is 52.3 Å². The lowest BCUT2D eigenvalue weighted by Gasteiger charge is -2.23. The van der Waals surface area contributed by atoms with Crippen LogP contribution >= 0.6 is 0 Å². The van der Waals surface area contributed by atoms with Crippen LogP contribution in [-0.2, 0) is 0 Å². The monoisotopic (exact) mass is 356 g/mol. The number of nitrogens with zero attached hydrogens (tertiary/aromatic N) is 3. The predicted molar refractivity (Wildman–Crippen MR) is 96.7 cm³/mol. The van der Waals surface area contributed by atoms with Crippen LogP contribution in [-0.4, -0.2) is 26.8 Å². The Morgan fingerprint density at radius 1 is 1.08 bits per heavy atom. The van der Waals surface area contributed by atoms with Crippen molar-refractivity contribution in [3.63, 3.8) is 0 Å². The second kappa shape index (κ2) is 8.24. The normalized spacial score (nSPS) is 14.5. The zero-order valence-corrected chi connectivity index (χ0v) is 14.1. The Hall–Kier alpha value is -3.23. The summed E-state index contributed by atoms with van der Waals surface area (Å²) in [4.78, 5) is 31.0. The van der Waals surface area contributed by atoms with Crippen LogP contribution in [0.4, 0.5) is 17.3 Å². The third kappa shape index (κ3) is 4.24. The number of hydrazine groups is 1. The van der Waals surface area contributed by atoms with Crippen LogP contribution in [0.25, 0.3) is 0 Å². The number of nitro groups is 1. The second-order valence-electron chi connectivity index (χ2n) is 6.10. The van der Waals surface area contributed by atoms with Crippen molar-refractivity contribution in [2.75, 3.05) is 10.7 Å². The number of carbonyl (C=O) groups is 1. The molecule has 3 N–H and O–H groups in total. The van der Waals surface area contributed by atoms with Gasteiger partial charge in [0.25, 0.3) is 5.91 Å². The molecule has 1 saturated carbocycles. The maximum atomic E-state index is 12.1. The molecule has 0 radical (unpaired) electrons. The summed E-state index contributed by atoms with van der Waals surface area (Å²) in [5, 5.41) is 14.7. The van der Waals surface area contributed by atoms with Gasteiger partial charge in [-0.15, -0.1) is 0 Å². The Morgan fingerprint density at radius 2 is 1.77 bits per heavy atom. The van der Waals surface area contributed by atoms with Crippen molar-refractivity contribution in [2.45, 2.75) is 38.1 Å². The van der Waals surface area contributed by atoms with Gasteiger partial charge in [-0.1, -0.05) is 37.5 Å². The summed E-state index contributed by atoms with van der Waals surface area (Å²) in [6.07, 6.45) is 6.50. The molecule has 9 heteroatoms. The minimum absolute atomic E-state index is 0.0624. The molecular formula is C17H20N6O3. The highest BCUT2D eigenvalue weighted by molar-refractivity contribution is 5.95. The molecule has 0 aliphatic heterocycles. The summed E-state index contributed by atoms with van der Waals surface area (Å²) in [6, 6.07) is 8.69. The van der Waals surface area contributed by atoms with Crippen molar-refractivity contribution < 1.29 is 9.72 Å². The summed E-state index contributed by atoms with van der Waals surface area (Å²) >= 11 is 0. The molecule has 0 bridgehead atoms. The molecule has 1 amide bonds. The molecule has 1 aliphatic carbocycles. The summed E-state index contributed by atoms with van der Waals surface area (Å²) < 4.78 is 0. The Morgan fingerprint density at radius 3 is 2.46 bits per heavy atom. The van der Waals surface area contributed by atoms with E-state index in [1.165, 1.54) is 12.7 Å². The standard InChI is InChI=1S/C17H20N6O3/c24-17(12-7-3-1-4-8-12)22-21-16-14(23(25)26)15(18-11-19-16)20-13-9-5-2-6-10-13/h1,3-4,7-8,11,13H,2,5-6,9-10H2,(H,22,24)(H2,18,19,20,21). The van der Waals surface area contributed by atoms with Crippen molar-refractivity contribution in [1.29, 1.82) is 0 Å². The number of nitrogens with one attached hydrogen (secondary N) is 3. The van der Waals surface area contributed by atoms with Gasteiger partial charge in [0.1, 0.15) is 6.33 Å². The van der Waals surface area contributed by atoms with E-state index in [-0.39, 0.29) is 23.4 Å². The number of amides is 1. The van der Waals surface area contributed by atoms with Gasteiger partial charge in [0.15, 0.2) is 0 Å². The molecule has 1 aromatic carbocycles. The van der Waals surface area contributed by atoms with E-state index in [4.69, 9.17) is 0 Å². The van der Waals surface area contributed by atoms with Crippen LogP contribution in [0.1, 0.15) is 42.5 Å². The van der Waals surface area contributed by atoms with Gasteiger partial charge in [-0.05, 0) is 25.0 Å². The van der Waals surface area contributed by atoms with E-state index < -0.39 is 10.8 Å². The SMILES string of the molecule is O=C(NNc1ncnc(NC2CCCCC2)c1[N+](=O)[O-])c1ccccc1. The van der Waals surface area contributed by atoms with Crippen LogP contribution in [0.2, 0.25) is 0 Å². The number of carbonyl (C=O) groups excluding carboxylic acids is 1. The molecule has 0 spiro atoms. The number of benzene rings is 1. The lowest BCUT2D eigenvalue weighted by molar-refractivity contribution is -0.383. The lowest BCUT2D eigenvalue weighted by Crippen LogP contribution is -2.30. The highest BCUT2D eigenvalue weighted by atomic mass is 16.6. The van der Waals surface area contributed by atoms with Gasteiger partial charge in [-0.25, -0.2) is 9.97 Å². The van der Waals surface area contributed by atoms with E-state index in [0.717, 1.165) is 25.7 Å². The lowest BCUT2D eigenvalue weighted by atomic mass is 9.95. The zero-order chi connectivity index (χ0) is 18.4. The van der Waals surface area contributed by atoms with Crippen molar-refractivity contribution in [3.8, 4) is 0 Å². The molecule has 0 atom stereocenters. The van der Waals surface area contributed by atoms with Crippen LogP contribution in [0.5, 0.6) is 0 Å². The number of aromatic nitrogens is 2. The van der Waals surface area contributed by atoms with Crippen molar-refractivity contribution in [1.82, 2.24) is 15.4 Å². The molecule has 1 heterocycles. The van der Waals surface area contributed by atoms with Crippen molar-refractivity contribution >= 4 is 23.2 Å². The topological polar surface area (TPSA) is 122 Å². The number of anilines is 2. The number of rotatable bonds is 6. The average Bonchev–Trinajstić information content (AvgIpc) is 2.67. The Kier molecular flexibility index (Phi) is 5.57. The first kappa shape index (κ1) is 17.6. The van der Waals surface area contributed by atoms with Crippen molar-refractivity contribution in [2.24, 2.45) is 0 Å². The van der Waals surface area contributed by atoms with E-state index in [0.29, 0.717) is 5.56 Å². The molecule has 26 heavy (non-hydrogen) atoms. The number of hydrogen-bond donors (Lipinski definition) is 3. The van der Waals surface area contributed by atoms with Crippen LogP contribution in [0.3, 0.4) is 0 Å². The van der Waals surface area contributed by atoms with Crippen LogP contribution < -0.4 is 16.2 Å². The molecule has 0 unspecified atom stereocenters. The summed E-state index contributed by atoms with van der Waals surface area (Å²) in [6.45, 7) is 0. The fourth-order valence-corrected chi connectivity index (χ4v) is 2.97. The van der Waals surface area contributed by atoms with Gasteiger partial charge >= 0.3 is 5.69 Å². The highest BCUT2D eigenvalue weighted by Gasteiger charge is 2.26. The predicted octanol–water partition coefficient (Wildman–Crippen LogP) is 2.89. The fraction of sp³-hybridized carbons (Fsp3) is 0.353. The molecule has 1 aliphatic rings. The third-order valence-corrected chi connectivity index (χ3v) is 4.28. The van der Waals surface area contributed by atoms with E-state index in [2.05, 4.69) is 26.1 Å². The van der Waals surface area contributed by atoms with Gasteiger partial charge in [-0.3, -0.25) is 25.8 Å². The average molecular weight is 356 g/mol. The Balaban J connectivity index is 1.75. The van der Waals surface area contributed by atoms with Gasteiger partial charge < -0.3 is 5.32 Å². The molecule has 2 aromatic rings. The largest absolute Gasteiger partial charge is 0.361 e. The first-order chi connectivity index (χ1) is 12.6. The van der Waals surface area contributed by atoms with Crippen LogP contribution in [0.15, 0.2) is 36.7 Å². The molecule has 9 nitrogen and oxygen atoms in total. The fourth-order valence-electron chi connectivity index (χ4n) is 2.97. The Bertz CT molecular complexity index is 777. The zero-order valence-electron chi connectivity index (χ0n) is 14.1. The van der Waals surface area contributed by atoms with E-state index >= 15 is 0 Å². The van der Waals surface area contributed by atoms with E-state index in [1.54, 1.807) is 30.3 Å². The summed E-state index contributed by atoms with van der Waals surface area (Å²) in [5.41, 5.74) is 5.11. The maximum Gasteiger partial charge on any atom is 0.354 e. The second-order valence-corrected chi connectivity index (χ2v) is 6.10. The molecular weight excluding hydrogens is 336 g/mol. The van der Waals surface area contributed by atoms with Gasteiger partial charge in [0.05, 0.1) is 4.92 Å². The first-order valence-electron chi connectivity index (χ1n) is 8.52. The highest BCUT2D eigenvalue weighted by Crippen LogP contribution is 2.31. The maximum absolute atomic E-state index is 12.1. The van der Waals surface area contributed by atoms with E-state index in [9.17, 15) is 14.9 Å². The number of hydrogen-bond acceptors (Lipinski definition) is 7. The van der Waals surface area contributed by atoms with Gasteiger partial charge in [0, 0.05) is 11.6 Å². The molecule has 1 fully saturated rings. The summed E-state index contributed by atoms with van der Waals surface area (Å²) in [7, 11) is 0. The first-order valence-corrected chi connectivity index (χ1v) is 8.52. The summed E-state index contributed by atoms with van der Waals surface area (Å²) in [5.74, 6) is -0.318. The third-order valence-electron chi connectivity index (χ3n) is 4.28. The van der Waals surface area contributed by atoms with E-state index in [1.807, 2.05) is 0 Å². The van der Waals surface area contributed by atoms with Crippen LogP contribution in [0, 0.1) is 10.1 Å². The molecule has 0 saturated heterocycles. The quantitative estimate of drug-likeness (QED) is 0.537. The smallest absolute Gasteiger partial charge is 0.354 e. The van der Waals surface area contributed by atoms with Gasteiger partial charge in [-0.2, -0.15) is 0 Å². The molecule has 3 rings (SSSR count). The minimum atomic E-state index is -0.553. The van der Waals surface area contributed by atoms with Gasteiger partial charge in [0.2, 0.25) is 11.6 Å². The molecule has 136 valence electrons. The molecule has 1 aromatic heterocycles. The Labute approximate surface area is 150 Å². The minimum Gasteiger partial charge on any atom is -0.361 e.